The van der Waals surface area contributed by atoms with Crippen molar-refractivity contribution in [1.29, 1.82) is 0 Å². The number of rotatable bonds is 11. The Balaban J connectivity index is 0.000000188. The first-order valence-electron chi connectivity index (χ1n) is 14.6. The van der Waals surface area contributed by atoms with Gasteiger partial charge in [-0.25, -0.2) is 9.97 Å². The molecule has 6 aromatic rings. The van der Waals surface area contributed by atoms with Gasteiger partial charge in [0, 0.05) is 54.4 Å². The molecule has 0 unspecified atom stereocenters. The van der Waals surface area contributed by atoms with Gasteiger partial charge in [0.1, 0.15) is 40.7 Å². The van der Waals surface area contributed by atoms with Crippen LogP contribution < -0.4 is 14.2 Å². The minimum absolute atomic E-state index is 0.0895. The average molecular weight is 661 g/mol. The third kappa shape index (κ3) is 9.96. The third-order valence-electron chi connectivity index (χ3n) is 6.51. The number of pyridine rings is 4. The van der Waals surface area contributed by atoms with Crippen molar-refractivity contribution in [2.45, 2.75) is 19.8 Å². The first kappa shape index (κ1) is 33.3. The van der Waals surface area contributed by atoms with Gasteiger partial charge in [-0.2, -0.15) is 0 Å². The summed E-state index contributed by atoms with van der Waals surface area (Å²) >= 11 is 6.04. The van der Waals surface area contributed by atoms with Crippen LogP contribution in [0.15, 0.2) is 116 Å². The van der Waals surface area contributed by atoms with Crippen LogP contribution in [0.2, 0.25) is 5.02 Å². The lowest BCUT2D eigenvalue weighted by Gasteiger charge is -2.07. The Morgan fingerprint density at radius 1 is 0.646 bits per heavy atom. The fourth-order valence-electron chi connectivity index (χ4n) is 4.40. The van der Waals surface area contributed by atoms with Gasteiger partial charge in [-0.3, -0.25) is 29.5 Å². The maximum absolute atomic E-state index is 12.5. The molecule has 0 aliphatic rings. The van der Waals surface area contributed by atoms with Crippen LogP contribution in [0.25, 0.3) is 0 Å². The van der Waals surface area contributed by atoms with E-state index in [0.29, 0.717) is 50.9 Å². The molecule has 0 bridgehead atoms. The van der Waals surface area contributed by atoms with Crippen LogP contribution in [0.4, 0.5) is 0 Å². The summed E-state index contributed by atoms with van der Waals surface area (Å²) < 4.78 is 16.4. The smallest absolute Gasteiger partial charge is 0.187 e. The Morgan fingerprint density at radius 2 is 1.27 bits per heavy atom. The zero-order valence-corrected chi connectivity index (χ0v) is 26.7. The maximum atomic E-state index is 12.5. The molecule has 240 valence electrons. The van der Waals surface area contributed by atoms with Crippen molar-refractivity contribution in [1.82, 2.24) is 29.9 Å². The normalized spacial score (nSPS) is 10.3. The number of carbonyl (C=O) groups excluding carboxylic acids is 2. The summed E-state index contributed by atoms with van der Waals surface area (Å²) in [7, 11) is 1.57. The van der Waals surface area contributed by atoms with E-state index < -0.39 is 0 Å². The summed E-state index contributed by atoms with van der Waals surface area (Å²) in [5.41, 5.74) is 3.16. The highest BCUT2D eigenvalue weighted by molar-refractivity contribution is 6.30. The molecule has 0 saturated heterocycles. The lowest BCUT2D eigenvalue weighted by molar-refractivity contribution is 0.0979. The third-order valence-corrected chi connectivity index (χ3v) is 6.73. The van der Waals surface area contributed by atoms with E-state index in [1.165, 1.54) is 24.9 Å². The maximum Gasteiger partial charge on any atom is 0.187 e. The van der Waals surface area contributed by atoms with Crippen LogP contribution in [0.5, 0.6) is 28.7 Å². The van der Waals surface area contributed by atoms with Crippen molar-refractivity contribution >= 4 is 23.2 Å². The zero-order chi connectivity index (χ0) is 33.7. The standard InChI is InChI=1S/C19H15ClN2O2.C17H14N4O3/c1-13-7-14(9-15(20)8-13)10-19(23)18-11-16(4-6-22-18)24-17-3-2-5-21-12-17;1-23-13-2-4-20-12(6-13)7-17(22)16-8-14(3-5-21-16)24-15-9-18-11-19-10-15/h2-9,11-12H,10H2,1H3;2-6,8-11H,7H2,1H3. The highest BCUT2D eigenvalue weighted by atomic mass is 35.5. The van der Waals surface area contributed by atoms with E-state index in [2.05, 4.69) is 29.9 Å². The Morgan fingerprint density at radius 3 is 1.92 bits per heavy atom. The van der Waals surface area contributed by atoms with Gasteiger partial charge in [0.15, 0.2) is 17.3 Å². The van der Waals surface area contributed by atoms with Crippen LogP contribution in [-0.4, -0.2) is 48.6 Å². The van der Waals surface area contributed by atoms with Gasteiger partial charge < -0.3 is 14.2 Å². The van der Waals surface area contributed by atoms with E-state index in [9.17, 15) is 9.59 Å². The molecule has 1 aromatic carbocycles. The summed E-state index contributed by atoms with van der Waals surface area (Å²) in [6.45, 7) is 1.94. The van der Waals surface area contributed by atoms with E-state index in [1.54, 1.807) is 86.5 Å². The lowest BCUT2D eigenvalue weighted by Crippen LogP contribution is -2.07. The monoisotopic (exact) mass is 660 g/mol. The van der Waals surface area contributed by atoms with Gasteiger partial charge in [-0.05, 0) is 60.5 Å². The Hall–Kier alpha value is -6.07. The molecule has 5 heterocycles. The van der Waals surface area contributed by atoms with E-state index >= 15 is 0 Å². The molecule has 0 aliphatic carbocycles. The fourth-order valence-corrected chi connectivity index (χ4v) is 4.71. The van der Waals surface area contributed by atoms with Crippen molar-refractivity contribution in [3.63, 3.8) is 0 Å². The number of aryl methyl sites for hydroxylation is 1. The fraction of sp³-hybridized carbons (Fsp3) is 0.111. The number of carbonyl (C=O) groups is 2. The number of Topliss-reactive ketones (excluding diaryl/α,β-unsaturated/α-hetero) is 2. The number of methoxy groups -OCH3 is 1. The van der Waals surface area contributed by atoms with Gasteiger partial charge in [0.05, 0.1) is 37.8 Å². The SMILES string of the molecule is COc1ccnc(CC(=O)c2cc(Oc3cncnc3)ccn2)c1.Cc1cc(Cl)cc(CC(=O)c2cc(Oc3cccnc3)ccn2)c1. The molecule has 0 fully saturated rings. The molecular weight excluding hydrogens is 632 g/mol. The van der Waals surface area contributed by atoms with E-state index in [1.807, 2.05) is 19.1 Å². The summed E-state index contributed by atoms with van der Waals surface area (Å²) in [5, 5.41) is 0.624. The highest BCUT2D eigenvalue weighted by Crippen LogP contribution is 2.23. The second kappa shape index (κ2) is 16.5. The predicted molar refractivity (Wildman–Crippen MR) is 178 cm³/mol. The quantitative estimate of drug-likeness (QED) is 0.131. The number of ketones is 2. The number of hydrogen-bond donors (Lipinski definition) is 0. The second-order valence-corrected chi connectivity index (χ2v) is 10.7. The highest BCUT2D eigenvalue weighted by Gasteiger charge is 2.13. The van der Waals surface area contributed by atoms with Crippen molar-refractivity contribution in [2.75, 3.05) is 7.11 Å². The molecule has 48 heavy (non-hydrogen) atoms. The number of hydrogen-bond acceptors (Lipinski definition) is 11. The summed E-state index contributed by atoms with van der Waals surface area (Å²) in [6.07, 6.45) is 12.8. The van der Waals surface area contributed by atoms with Gasteiger partial charge in [0.25, 0.3) is 0 Å². The molecule has 12 heteroatoms. The Bertz CT molecular complexity index is 1980. The Kier molecular flexibility index (Phi) is 11.4. The molecule has 11 nitrogen and oxygen atoms in total. The van der Waals surface area contributed by atoms with Gasteiger partial charge in [0.2, 0.25) is 0 Å². The number of benzene rings is 1. The molecule has 6 rings (SSSR count). The molecular formula is C36H29ClN6O5. The number of ether oxygens (including phenoxy) is 3. The van der Waals surface area contributed by atoms with Gasteiger partial charge in [-0.15, -0.1) is 0 Å². The Labute approximate surface area is 281 Å². The summed E-state index contributed by atoms with van der Waals surface area (Å²) in [4.78, 5) is 49.0. The van der Waals surface area contributed by atoms with E-state index in [-0.39, 0.29) is 24.4 Å². The minimum Gasteiger partial charge on any atom is -0.497 e. The first-order valence-corrected chi connectivity index (χ1v) is 15.0. The van der Waals surface area contributed by atoms with Crippen molar-refractivity contribution < 1.29 is 23.8 Å². The predicted octanol–water partition coefficient (Wildman–Crippen LogP) is 7.15. The minimum atomic E-state index is -0.162. The van der Waals surface area contributed by atoms with Crippen LogP contribution in [0, 0.1) is 6.92 Å². The number of nitrogens with zero attached hydrogens (tertiary/aromatic N) is 6. The number of aromatic nitrogens is 6. The molecule has 0 radical (unpaired) electrons. The molecule has 0 spiro atoms. The van der Waals surface area contributed by atoms with Crippen molar-refractivity contribution in [3.05, 3.63) is 150 Å². The lowest BCUT2D eigenvalue weighted by atomic mass is 10.0. The molecule has 0 amide bonds. The zero-order valence-electron chi connectivity index (χ0n) is 26.0. The van der Waals surface area contributed by atoms with Crippen LogP contribution in [0.3, 0.4) is 0 Å². The molecule has 5 aromatic heterocycles. The molecule has 0 aliphatic heterocycles. The van der Waals surface area contributed by atoms with Crippen LogP contribution >= 0.6 is 11.6 Å². The van der Waals surface area contributed by atoms with Gasteiger partial charge >= 0.3 is 0 Å². The van der Waals surface area contributed by atoms with Gasteiger partial charge in [-0.1, -0.05) is 17.7 Å². The van der Waals surface area contributed by atoms with Crippen LogP contribution in [-0.2, 0) is 12.8 Å². The second-order valence-electron chi connectivity index (χ2n) is 10.2. The van der Waals surface area contributed by atoms with Crippen molar-refractivity contribution in [3.8, 4) is 28.7 Å². The molecule has 0 atom stereocenters. The number of halogens is 1. The molecule has 0 N–H and O–H groups in total. The molecule has 0 saturated carbocycles. The average Bonchev–Trinajstić information content (AvgIpc) is 3.09. The summed E-state index contributed by atoms with van der Waals surface area (Å²) in [5.74, 6) is 2.52. The van der Waals surface area contributed by atoms with Crippen LogP contribution in [0.1, 0.15) is 37.8 Å². The van der Waals surface area contributed by atoms with Crippen molar-refractivity contribution in [2.24, 2.45) is 0 Å². The van der Waals surface area contributed by atoms with E-state index in [4.69, 9.17) is 25.8 Å². The first-order chi connectivity index (χ1) is 23.3. The summed E-state index contributed by atoms with van der Waals surface area (Å²) in [6, 6.07) is 19.2. The van der Waals surface area contributed by atoms with E-state index in [0.717, 1.165) is 11.1 Å². The topological polar surface area (TPSA) is 139 Å². The largest absolute Gasteiger partial charge is 0.497 e.